The molecule has 1 fully saturated rings. The second-order valence-corrected chi connectivity index (χ2v) is 7.60. The average Bonchev–Trinajstić information content (AvgIpc) is 3.09. The van der Waals surface area contributed by atoms with Crippen molar-refractivity contribution in [3.63, 3.8) is 0 Å². The van der Waals surface area contributed by atoms with E-state index in [1.54, 1.807) is 49.4 Å². The van der Waals surface area contributed by atoms with E-state index < -0.39 is 23.5 Å². The van der Waals surface area contributed by atoms with Gasteiger partial charge < -0.3 is 14.6 Å². The number of ether oxygens (including phenoxy) is 2. The van der Waals surface area contributed by atoms with Crippen molar-refractivity contribution < 1.29 is 28.6 Å². The number of halogens is 1. The van der Waals surface area contributed by atoms with Gasteiger partial charge in [-0.3, -0.25) is 14.5 Å². The fraction of sp³-hybridized carbons (Fsp3) is 0.154. The highest BCUT2D eigenvalue weighted by Crippen LogP contribution is 2.43. The van der Waals surface area contributed by atoms with E-state index >= 15 is 0 Å². The Morgan fingerprint density at radius 1 is 0.909 bits per heavy atom. The minimum Gasteiger partial charge on any atom is -0.507 e. The van der Waals surface area contributed by atoms with E-state index in [9.17, 15) is 19.1 Å². The Hall–Kier alpha value is -4.13. The number of anilines is 1. The number of aryl methyl sites for hydroxylation is 1. The van der Waals surface area contributed by atoms with Crippen molar-refractivity contribution in [3.05, 3.63) is 94.8 Å². The van der Waals surface area contributed by atoms with Crippen LogP contribution in [0.1, 0.15) is 22.7 Å². The number of hydrogen-bond acceptors (Lipinski definition) is 5. The molecule has 168 valence electrons. The van der Waals surface area contributed by atoms with E-state index in [4.69, 9.17) is 9.47 Å². The van der Waals surface area contributed by atoms with Crippen molar-refractivity contribution in [2.24, 2.45) is 0 Å². The Balaban J connectivity index is 1.92. The third-order valence-corrected chi connectivity index (χ3v) is 5.67. The number of carbonyl (C=O) groups excluding carboxylic acids is 2. The zero-order valence-corrected chi connectivity index (χ0v) is 18.3. The van der Waals surface area contributed by atoms with E-state index in [-0.39, 0.29) is 11.3 Å². The number of amides is 1. The molecule has 3 aromatic rings. The molecule has 0 saturated carbocycles. The van der Waals surface area contributed by atoms with Crippen LogP contribution in [0.2, 0.25) is 0 Å². The highest BCUT2D eigenvalue weighted by Gasteiger charge is 2.47. The standard InChI is InChI=1S/C26H22FNO5/c1-15-14-20(33-3)12-13-21(15)24(29)22-23(16-4-6-17(27)7-5-16)28(26(31)25(22)30)18-8-10-19(32-2)11-9-18/h4-14,23,29H,1-3H3/b24-22-. The molecule has 0 bridgehead atoms. The van der Waals surface area contributed by atoms with Crippen LogP contribution >= 0.6 is 0 Å². The summed E-state index contributed by atoms with van der Waals surface area (Å²) in [5, 5.41) is 11.2. The molecule has 1 heterocycles. The number of aliphatic hydroxyl groups is 1. The summed E-state index contributed by atoms with van der Waals surface area (Å²) in [5.74, 6) is -1.19. The molecule has 0 aliphatic carbocycles. The molecular weight excluding hydrogens is 425 g/mol. The third-order valence-electron chi connectivity index (χ3n) is 5.67. The summed E-state index contributed by atoms with van der Waals surface area (Å²) in [4.78, 5) is 27.6. The van der Waals surface area contributed by atoms with Gasteiger partial charge in [-0.25, -0.2) is 4.39 Å². The van der Waals surface area contributed by atoms with Crippen molar-refractivity contribution in [2.75, 3.05) is 19.1 Å². The number of nitrogens with zero attached hydrogens (tertiary/aromatic N) is 1. The molecule has 1 aliphatic heterocycles. The summed E-state index contributed by atoms with van der Waals surface area (Å²) in [5.41, 5.74) is 1.92. The van der Waals surface area contributed by atoms with Crippen LogP contribution in [0, 0.1) is 12.7 Å². The smallest absolute Gasteiger partial charge is 0.300 e. The predicted molar refractivity (Wildman–Crippen MR) is 122 cm³/mol. The quantitative estimate of drug-likeness (QED) is 0.346. The van der Waals surface area contributed by atoms with Crippen LogP contribution in [0.15, 0.2) is 72.3 Å². The summed E-state index contributed by atoms with van der Waals surface area (Å²) in [6, 6.07) is 16.2. The first kappa shape index (κ1) is 22.1. The fourth-order valence-corrected chi connectivity index (χ4v) is 3.98. The second kappa shape index (κ2) is 8.78. The molecule has 1 unspecified atom stereocenters. The maximum Gasteiger partial charge on any atom is 0.300 e. The van der Waals surface area contributed by atoms with Crippen LogP contribution in [-0.4, -0.2) is 31.0 Å². The average molecular weight is 447 g/mol. The van der Waals surface area contributed by atoms with E-state index in [0.29, 0.717) is 33.9 Å². The van der Waals surface area contributed by atoms with Crippen molar-refractivity contribution >= 4 is 23.1 Å². The second-order valence-electron chi connectivity index (χ2n) is 7.60. The number of aliphatic hydroxyl groups excluding tert-OH is 1. The molecule has 3 aromatic carbocycles. The van der Waals surface area contributed by atoms with Crippen molar-refractivity contribution in [1.29, 1.82) is 0 Å². The lowest BCUT2D eigenvalue weighted by Crippen LogP contribution is -2.29. The highest BCUT2D eigenvalue weighted by molar-refractivity contribution is 6.51. The molecule has 0 aromatic heterocycles. The third kappa shape index (κ3) is 3.93. The number of ketones is 1. The van der Waals surface area contributed by atoms with Gasteiger partial charge in [0, 0.05) is 11.3 Å². The molecule has 0 radical (unpaired) electrons. The van der Waals surface area contributed by atoms with Crippen molar-refractivity contribution in [1.82, 2.24) is 0 Å². The molecule has 1 atom stereocenters. The molecule has 33 heavy (non-hydrogen) atoms. The van der Waals surface area contributed by atoms with Gasteiger partial charge >= 0.3 is 0 Å². The Labute approximate surface area is 190 Å². The van der Waals surface area contributed by atoms with E-state index in [1.165, 1.54) is 43.4 Å². The molecular formula is C26H22FNO5. The first-order valence-electron chi connectivity index (χ1n) is 10.2. The van der Waals surface area contributed by atoms with Gasteiger partial charge in [-0.1, -0.05) is 12.1 Å². The van der Waals surface area contributed by atoms with Crippen LogP contribution in [0.4, 0.5) is 10.1 Å². The molecule has 6 nitrogen and oxygen atoms in total. The Kier molecular flexibility index (Phi) is 5.87. The minimum atomic E-state index is -0.944. The topological polar surface area (TPSA) is 76.1 Å². The van der Waals surface area contributed by atoms with Crippen LogP contribution in [0.25, 0.3) is 5.76 Å². The normalized spacial score (nSPS) is 17.3. The van der Waals surface area contributed by atoms with E-state index in [2.05, 4.69) is 0 Å². The van der Waals surface area contributed by atoms with Crippen LogP contribution < -0.4 is 14.4 Å². The van der Waals surface area contributed by atoms with Crippen LogP contribution in [0.5, 0.6) is 11.5 Å². The molecule has 1 aliphatic rings. The fourth-order valence-electron chi connectivity index (χ4n) is 3.98. The van der Waals surface area contributed by atoms with E-state index in [1.807, 2.05) is 0 Å². The van der Waals surface area contributed by atoms with Gasteiger partial charge in [0.1, 0.15) is 23.1 Å². The maximum atomic E-state index is 13.6. The maximum absolute atomic E-state index is 13.6. The monoisotopic (exact) mass is 447 g/mol. The summed E-state index contributed by atoms with van der Waals surface area (Å²) >= 11 is 0. The summed E-state index contributed by atoms with van der Waals surface area (Å²) in [6.07, 6.45) is 0. The van der Waals surface area contributed by atoms with Gasteiger partial charge in [0.2, 0.25) is 0 Å². The van der Waals surface area contributed by atoms with E-state index in [0.717, 1.165) is 0 Å². The van der Waals surface area contributed by atoms with Gasteiger partial charge in [-0.15, -0.1) is 0 Å². The molecule has 0 spiro atoms. The Bertz CT molecular complexity index is 1250. The van der Waals surface area contributed by atoms with Gasteiger partial charge in [0.25, 0.3) is 11.7 Å². The molecule has 1 N–H and O–H groups in total. The predicted octanol–water partition coefficient (Wildman–Crippen LogP) is 4.78. The molecule has 1 amide bonds. The lowest BCUT2D eigenvalue weighted by molar-refractivity contribution is -0.132. The highest BCUT2D eigenvalue weighted by atomic mass is 19.1. The minimum absolute atomic E-state index is 0.0734. The summed E-state index contributed by atoms with van der Waals surface area (Å²) in [7, 11) is 3.06. The van der Waals surface area contributed by atoms with Crippen LogP contribution in [-0.2, 0) is 9.59 Å². The SMILES string of the molecule is COc1ccc(N2C(=O)C(=O)/C(=C(\O)c3ccc(OC)cc3C)C2c2ccc(F)cc2)cc1. The summed E-state index contributed by atoms with van der Waals surface area (Å²) in [6.45, 7) is 1.77. The number of carbonyl (C=O) groups is 2. The summed E-state index contributed by atoms with van der Waals surface area (Å²) < 4.78 is 24.0. The van der Waals surface area contributed by atoms with Gasteiger partial charge in [-0.05, 0) is 72.6 Å². The zero-order valence-electron chi connectivity index (χ0n) is 18.3. The number of rotatable bonds is 5. The van der Waals surface area contributed by atoms with Gasteiger partial charge in [0.15, 0.2) is 0 Å². The Morgan fingerprint density at radius 2 is 1.52 bits per heavy atom. The zero-order chi connectivity index (χ0) is 23.7. The number of Topliss-reactive ketones (excluding diaryl/α,β-unsaturated/α-hetero) is 1. The molecule has 7 heteroatoms. The number of benzene rings is 3. The van der Waals surface area contributed by atoms with Gasteiger partial charge in [0.05, 0.1) is 25.8 Å². The van der Waals surface area contributed by atoms with Gasteiger partial charge in [-0.2, -0.15) is 0 Å². The van der Waals surface area contributed by atoms with Crippen LogP contribution in [0.3, 0.4) is 0 Å². The lowest BCUT2D eigenvalue weighted by Gasteiger charge is -2.25. The van der Waals surface area contributed by atoms with Crippen molar-refractivity contribution in [2.45, 2.75) is 13.0 Å². The largest absolute Gasteiger partial charge is 0.507 e. The molecule has 1 saturated heterocycles. The number of methoxy groups -OCH3 is 2. The first-order valence-corrected chi connectivity index (χ1v) is 10.2. The molecule has 4 rings (SSSR count). The lowest BCUT2D eigenvalue weighted by atomic mass is 9.93. The first-order chi connectivity index (χ1) is 15.8. The Morgan fingerprint density at radius 3 is 2.09 bits per heavy atom. The van der Waals surface area contributed by atoms with Crippen molar-refractivity contribution in [3.8, 4) is 11.5 Å². The number of hydrogen-bond donors (Lipinski definition) is 1.